The Morgan fingerprint density at radius 1 is 1.03 bits per heavy atom. The molecule has 1 aliphatic heterocycles. The Labute approximate surface area is 172 Å². The van der Waals surface area contributed by atoms with E-state index in [0.717, 1.165) is 39.9 Å². The van der Waals surface area contributed by atoms with Gasteiger partial charge in [0.2, 0.25) is 0 Å². The Morgan fingerprint density at radius 3 is 2.59 bits per heavy atom. The van der Waals surface area contributed by atoms with Crippen LogP contribution < -0.4 is 4.90 Å². The van der Waals surface area contributed by atoms with Crippen LogP contribution in [0.3, 0.4) is 0 Å². The zero-order valence-corrected chi connectivity index (χ0v) is 16.8. The number of thiazole rings is 1. The highest BCUT2D eigenvalue weighted by molar-refractivity contribution is 7.21. The molecule has 0 bridgehead atoms. The van der Waals surface area contributed by atoms with E-state index in [1.54, 1.807) is 17.5 Å². The van der Waals surface area contributed by atoms with Crippen molar-refractivity contribution >= 4 is 32.7 Å². The fourth-order valence-corrected chi connectivity index (χ4v) is 4.53. The fraction of sp³-hybridized carbons (Fsp3) is 0.238. The van der Waals surface area contributed by atoms with Crippen LogP contribution in [-0.2, 0) is 0 Å². The van der Waals surface area contributed by atoms with E-state index in [0.29, 0.717) is 18.8 Å². The molecule has 3 aromatic heterocycles. The van der Waals surface area contributed by atoms with Gasteiger partial charge >= 0.3 is 0 Å². The number of nitrogens with zero attached hydrogens (tertiary/aromatic N) is 6. The third kappa shape index (κ3) is 3.36. The second-order valence-electron chi connectivity index (χ2n) is 7.02. The molecule has 0 N–H and O–H groups in total. The molecular formula is C21H20N6OS. The summed E-state index contributed by atoms with van der Waals surface area (Å²) in [4.78, 5) is 27.1. The smallest absolute Gasteiger partial charge is 0.274 e. The van der Waals surface area contributed by atoms with E-state index < -0.39 is 0 Å². The third-order valence-electron chi connectivity index (χ3n) is 5.10. The highest BCUT2D eigenvalue weighted by Gasteiger charge is 2.26. The highest BCUT2D eigenvalue weighted by atomic mass is 32.1. The first-order chi connectivity index (χ1) is 14.2. The Kier molecular flexibility index (Phi) is 4.48. The molecular weight excluding hydrogens is 384 g/mol. The van der Waals surface area contributed by atoms with Crippen molar-refractivity contribution in [2.75, 3.05) is 31.1 Å². The Hall–Kier alpha value is -3.26. The number of benzene rings is 1. The minimum Gasteiger partial charge on any atom is -0.344 e. The molecule has 0 unspecified atom stereocenters. The molecule has 0 radical (unpaired) electrons. The zero-order chi connectivity index (χ0) is 19.8. The normalized spacial score (nSPS) is 14.5. The number of rotatable bonds is 3. The molecule has 0 aliphatic carbocycles. The molecule has 7 nitrogen and oxygen atoms in total. The quantitative estimate of drug-likeness (QED) is 0.525. The molecule has 0 spiro atoms. The van der Waals surface area contributed by atoms with Crippen molar-refractivity contribution in [3.8, 4) is 5.69 Å². The van der Waals surface area contributed by atoms with E-state index in [9.17, 15) is 4.79 Å². The van der Waals surface area contributed by atoms with Crippen molar-refractivity contribution in [3.05, 3.63) is 66.1 Å². The number of pyridine rings is 1. The van der Waals surface area contributed by atoms with Gasteiger partial charge in [-0.2, -0.15) is 5.10 Å². The number of para-hydroxylation sites is 1. The largest absolute Gasteiger partial charge is 0.344 e. The molecule has 1 saturated heterocycles. The molecule has 0 saturated carbocycles. The number of fused-ring (bicyclic) bond motifs is 1. The fourth-order valence-electron chi connectivity index (χ4n) is 3.57. The van der Waals surface area contributed by atoms with Crippen LogP contribution in [0.1, 0.15) is 16.2 Å². The van der Waals surface area contributed by atoms with Gasteiger partial charge in [0.05, 0.1) is 5.69 Å². The van der Waals surface area contributed by atoms with Crippen LogP contribution in [0.5, 0.6) is 0 Å². The molecule has 4 aromatic rings. The van der Waals surface area contributed by atoms with Gasteiger partial charge in [0.1, 0.15) is 10.3 Å². The number of carbonyl (C=O) groups is 1. The predicted octanol–water partition coefficient (Wildman–Crippen LogP) is 3.15. The summed E-state index contributed by atoms with van der Waals surface area (Å²) in [6.45, 7) is 4.78. The van der Waals surface area contributed by atoms with E-state index in [1.165, 1.54) is 0 Å². The van der Waals surface area contributed by atoms with Gasteiger partial charge < -0.3 is 9.80 Å². The van der Waals surface area contributed by atoms with Gasteiger partial charge in [-0.15, -0.1) is 0 Å². The van der Waals surface area contributed by atoms with Gasteiger partial charge in [0.15, 0.2) is 10.8 Å². The van der Waals surface area contributed by atoms with Crippen molar-refractivity contribution in [1.82, 2.24) is 24.6 Å². The molecule has 29 heavy (non-hydrogen) atoms. The maximum atomic E-state index is 13.0. The first-order valence-corrected chi connectivity index (χ1v) is 10.4. The lowest BCUT2D eigenvalue weighted by atomic mass is 10.2. The van der Waals surface area contributed by atoms with Crippen LogP contribution in [0.4, 0.5) is 5.13 Å². The molecule has 1 aromatic carbocycles. The lowest BCUT2D eigenvalue weighted by Gasteiger charge is -2.34. The summed E-state index contributed by atoms with van der Waals surface area (Å²) in [7, 11) is 0. The van der Waals surface area contributed by atoms with Crippen molar-refractivity contribution < 1.29 is 4.79 Å². The van der Waals surface area contributed by atoms with Crippen LogP contribution in [0.25, 0.3) is 16.0 Å². The summed E-state index contributed by atoms with van der Waals surface area (Å²) in [5.41, 5.74) is 3.32. The minimum absolute atomic E-state index is 0.0200. The van der Waals surface area contributed by atoms with E-state index in [4.69, 9.17) is 0 Å². The summed E-state index contributed by atoms with van der Waals surface area (Å²) in [6.07, 6.45) is 1.79. The second-order valence-corrected chi connectivity index (χ2v) is 7.98. The number of carbonyl (C=O) groups excluding carboxylic acids is 1. The summed E-state index contributed by atoms with van der Waals surface area (Å²) in [6, 6.07) is 15.6. The molecule has 0 atom stereocenters. The van der Waals surface area contributed by atoms with Crippen LogP contribution in [0.2, 0.25) is 0 Å². The lowest BCUT2D eigenvalue weighted by Crippen LogP contribution is -2.48. The SMILES string of the molecule is Cc1cc(C(=O)N2CCN(c3nc4cccnc4s3)CC2)nn1-c1ccccc1. The molecule has 1 aliphatic rings. The van der Waals surface area contributed by atoms with Crippen LogP contribution >= 0.6 is 11.3 Å². The first kappa shape index (κ1) is 17.8. The van der Waals surface area contributed by atoms with E-state index in [2.05, 4.69) is 20.0 Å². The standard InChI is InChI=1S/C21H20N6OS/c1-15-14-18(24-27(15)16-6-3-2-4-7-16)20(28)25-10-12-26(13-11-25)21-23-17-8-5-9-22-19(17)29-21/h2-9,14H,10-13H2,1H3. The number of aromatic nitrogens is 4. The van der Waals surface area contributed by atoms with Gasteiger partial charge in [-0.25, -0.2) is 14.6 Å². The number of aryl methyl sites for hydroxylation is 1. The van der Waals surface area contributed by atoms with Gasteiger partial charge in [0.25, 0.3) is 5.91 Å². The van der Waals surface area contributed by atoms with Gasteiger partial charge in [-0.1, -0.05) is 29.5 Å². The number of anilines is 1. The predicted molar refractivity (Wildman–Crippen MR) is 114 cm³/mol. The van der Waals surface area contributed by atoms with Crippen molar-refractivity contribution in [2.24, 2.45) is 0 Å². The molecule has 4 heterocycles. The number of hydrogen-bond donors (Lipinski definition) is 0. The first-order valence-electron chi connectivity index (χ1n) is 9.57. The number of piperazine rings is 1. The van der Waals surface area contributed by atoms with Crippen molar-refractivity contribution in [3.63, 3.8) is 0 Å². The topological polar surface area (TPSA) is 67.2 Å². The highest BCUT2D eigenvalue weighted by Crippen LogP contribution is 2.27. The summed E-state index contributed by atoms with van der Waals surface area (Å²) < 4.78 is 1.82. The molecule has 1 fully saturated rings. The summed E-state index contributed by atoms with van der Waals surface area (Å²) >= 11 is 1.60. The zero-order valence-electron chi connectivity index (χ0n) is 16.0. The van der Waals surface area contributed by atoms with E-state index in [1.807, 2.05) is 65.0 Å². The van der Waals surface area contributed by atoms with Crippen molar-refractivity contribution in [2.45, 2.75) is 6.92 Å². The Morgan fingerprint density at radius 2 is 1.83 bits per heavy atom. The molecule has 8 heteroatoms. The monoisotopic (exact) mass is 404 g/mol. The van der Waals surface area contributed by atoms with Crippen molar-refractivity contribution in [1.29, 1.82) is 0 Å². The van der Waals surface area contributed by atoms with E-state index >= 15 is 0 Å². The molecule has 5 rings (SSSR count). The second kappa shape index (κ2) is 7.29. The Balaban J connectivity index is 1.29. The van der Waals surface area contributed by atoms with Crippen LogP contribution in [0.15, 0.2) is 54.7 Å². The summed E-state index contributed by atoms with van der Waals surface area (Å²) in [5.74, 6) is -0.0200. The number of amides is 1. The lowest BCUT2D eigenvalue weighted by molar-refractivity contribution is 0.0740. The Bertz CT molecular complexity index is 1130. The molecule has 146 valence electrons. The average molecular weight is 404 g/mol. The number of hydrogen-bond acceptors (Lipinski definition) is 6. The maximum Gasteiger partial charge on any atom is 0.274 e. The van der Waals surface area contributed by atoms with Gasteiger partial charge in [-0.05, 0) is 37.3 Å². The van der Waals surface area contributed by atoms with Gasteiger partial charge in [0, 0.05) is 38.1 Å². The minimum atomic E-state index is -0.0200. The molecule has 1 amide bonds. The van der Waals surface area contributed by atoms with Crippen LogP contribution in [0, 0.1) is 6.92 Å². The third-order valence-corrected chi connectivity index (χ3v) is 6.14. The average Bonchev–Trinajstić information content (AvgIpc) is 3.37. The van der Waals surface area contributed by atoms with Gasteiger partial charge in [-0.3, -0.25) is 4.79 Å². The van der Waals surface area contributed by atoms with E-state index in [-0.39, 0.29) is 5.91 Å². The maximum absolute atomic E-state index is 13.0. The summed E-state index contributed by atoms with van der Waals surface area (Å²) in [5, 5.41) is 5.52. The van der Waals surface area contributed by atoms with Crippen LogP contribution in [-0.4, -0.2) is 56.7 Å².